The van der Waals surface area contributed by atoms with Crippen molar-refractivity contribution < 1.29 is 19.6 Å². The number of alkyl halides is 1. The minimum atomic E-state index is -1.24. The van der Waals surface area contributed by atoms with Gasteiger partial charge in [0.1, 0.15) is 6.61 Å². The number of nitrogens with zero attached hydrogens (tertiary/aromatic N) is 1. The first-order chi connectivity index (χ1) is 7.91. The Morgan fingerprint density at radius 3 is 2.82 bits per heavy atom. The Bertz CT molecular complexity index is 448. The molecule has 0 bridgehead atoms. The Kier molecular flexibility index (Phi) is 4.28. The van der Waals surface area contributed by atoms with Gasteiger partial charge in [0.2, 0.25) is 0 Å². The molecule has 0 aromatic heterocycles. The Hall–Kier alpha value is -1.82. The zero-order valence-electron chi connectivity index (χ0n) is 8.92. The highest BCUT2D eigenvalue weighted by molar-refractivity contribution is 6.29. The molecule has 0 aliphatic carbocycles. The van der Waals surface area contributed by atoms with E-state index in [0.29, 0.717) is 0 Å². The Balaban J connectivity index is 2.85. The second-order valence-electron chi connectivity index (χ2n) is 3.35. The van der Waals surface area contributed by atoms with Gasteiger partial charge in [0, 0.05) is 6.07 Å². The van der Waals surface area contributed by atoms with Crippen molar-refractivity contribution in [3.8, 4) is 5.75 Å². The van der Waals surface area contributed by atoms with Gasteiger partial charge in [-0.15, -0.1) is 11.6 Å². The van der Waals surface area contributed by atoms with Gasteiger partial charge in [-0.3, -0.25) is 14.9 Å². The highest BCUT2D eigenvalue weighted by atomic mass is 35.5. The second kappa shape index (κ2) is 5.49. The zero-order valence-corrected chi connectivity index (χ0v) is 9.68. The van der Waals surface area contributed by atoms with Crippen molar-refractivity contribution >= 4 is 23.3 Å². The van der Waals surface area contributed by atoms with Crippen LogP contribution in [-0.4, -0.2) is 28.0 Å². The minimum Gasteiger partial charge on any atom is -0.485 e. The fourth-order valence-electron chi connectivity index (χ4n) is 1.12. The largest absolute Gasteiger partial charge is 0.485 e. The summed E-state index contributed by atoms with van der Waals surface area (Å²) in [5, 5.41) is 18.0. The number of aryl methyl sites for hydroxylation is 1. The van der Waals surface area contributed by atoms with Crippen molar-refractivity contribution in [3.63, 3.8) is 0 Å². The number of hydrogen-bond donors (Lipinski definition) is 1. The van der Waals surface area contributed by atoms with Gasteiger partial charge in [-0.25, -0.2) is 0 Å². The van der Waals surface area contributed by atoms with Crippen LogP contribution in [0.3, 0.4) is 0 Å². The maximum absolute atomic E-state index is 10.7. The zero-order chi connectivity index (χ0) is 13.0. The van der Waals surface area contributed by atoms with Crippen molar-refractivity contribution in [3.05, 3.63) is 33.9 Å². The van der Waals surface area contributed by atoms with E-state index in [9.17, 15) is 14.9 Å². The van der Waals surface area contributed by atoms with E-state index in [2.05, 4.69) is 0 Å². The highest BCUT2D eigenvalue weighted by Gasteiger charge is 2.19. The normalized spacial score (nSPS) is 11.9. The number of hydrogen-bond acceptors (Lipinski definition) is 4. The van der Waals surface area contributed by atoms with Gasteiger partial charge in [0.15, 0.2) is 11.1 Å². The van der Waals surface area contributed by atoms with Crippen molar-refractivity contribution in [1.82, 2.24) is 0 Å². The van der Waals surface area contributed by atoms with Crippen LogP contribution in [0.15, 0.2) is 18.2 Å². The molecule has 1 rings (SSSR count). The van der Waals surface area contributed by atoms with Crippen molar-refractivity contribution in [2.75, 3.05) is 6.61 Å². The average Bonchev–Trinajstić information content (AvgIpc) is 2.25. The highest BCUT2D eigenvalue weighted by Crippen LogP contribution is 2.27. The summed E-state index contributed by atoms with van der Waals surface area (Å²) in [5.41, 5.74) is 0.553. The number of carboxylic acids is 1. The minimum absolute atomic E-state index is 0.0156. The summed E-state index contributed by atoms with van der Waals surface area (Å²) in [6.45, 7) is 1.41. The first kappa shape index (κ1) is 13.2. The molecule has 0 spiro atoms. The van der Waals surface area contributed by atoms with E-state index < -0.39 is 16.3 Å². The van der Waals surface area contributed by atoms with Gasteiger partial charge >= 0.3 is 11.7 Å². The fraction of sp³-hybridized carbons (Fsp3) is 0.300. The van der Waals surface area contributed by atoms with E-state index in [1.807, 2.05) is 0 Å². The molecule has 0 radical (unpaired) electrons. The molecule has 0 saturated heterocycles. The smallest absolute Gasteiger partial charge is 0.325 e. The lowest BCUT2D eigenvalue weighted by molar-refractivity contribution is -0.385. The van der Waals surface area contributed by atoms with Crippen LogP contribution < -0.4 is 4.74 Å². The number of rotatable bonds is 5. The number of benzene rings is 1. The van der Waals surface area contributed by atoms with E-state index in [1.54, 1.807) is 13.0 Å². The van der Waals surface area contributed by atoms with E-state index >= 15 is 0 Å². The third kappa shape index (κ3) is 3.60. The number of ether oxygens (including phenoxy) is 1. The molecule has 7 heteroatoms. The summed E-state index contributed by atoms with van der Waals surface area (Å²) in [6.07, 6.45) is 0. The summed E-state index contributed by atoms with van der Waals surface area (Å²) in [7, 11) is 0. The molecule has 0 amide bonds. The Morgan fingerprint density at radius 1 is 1.65 bits per heavy atom. The summed E-state index contributed by atoms with van der Waals surface area (Å²) in [5.74, 6) is -1.22. The summed E-state index contributed by atoms with van der Waals surface area (Å²) in [6, 6.07) is 4.33. The monoisotopic (exact) mass is 259 g/mol. The lowest BCUT2D eigenvalue weighted by atomic mass is 10.2. The molecule has 0 fully saturated rings. The van der Waals surface area contributed by atoms with Gasteiger partial charge in [0.25, 0.3) is 0 Å². The van der Waals surface area contributed by atoms with Crippen LogP contribution in [-0.2, 0) is 4.79 Å². The number of aliphatic carboxylic acids is 1. The van der Waals surface area contributed by atoms with Gasteiger partial charge in [-0.2, -0.15) is 0 Å². The standard InChI is InChI=1S/C10H10ClNO5/c1-6-2-3-8(12(15)16)9(4-6)17-5-7(11)10(13)14/h2-4,7H,5H2,1H3,(H,13,14). The van der Waals surface area contributed by atoms with Gasteiger partial charge in [-0.05, 0) is 18.6 Å². The topological polar surface area (TPSA) is 89.7 Å². The molecular weight excluding hydrogens is 250 g/mol. The maximum Gasteiger partial charge on any atom is 0.325 e. The molecule has 0 aliphatic rings. The number of halogens is 1. The molecule has 1 N–H and O–H groups in total. The molecular formula is C10H10ClNO5. The van der Waals surface area contributed by atoms with Gasteiger partial charge in [-0.1, -0.05) is 6.07 Å². The van der Waals surface area contributed by atoms with Crippen LogP contribution in [0.25, 0.3) is 0 Å². The summed E-state index contributed by atoms with van der Waals surface area (Å²) >= 11 is 5.44. The van der Waals surface area contributed by atoms with E-state index in [-0.39, 0.29) is 18.0 Å². The number of nitro benzene ring substituents is 1. The molecule has 1 atom stereocenters. The van der Waals surface area contributed by atoms with Crippen LogP contribution in [0.2, 0.25) is 0 Å². The summed E-state index contributed by atoms with van der Waals surface area (Å²) < 4.78 is 5.05. The fourth-order valence-corrected chi connectivity index (χ4v) is 1.19. The SMILES string of the molecule is Cc1ccc([N+](=O)[O-])c(OCC(Cl)C(=O)O)c1. The molecule has 1 aromatic carbocycles. The van der Waals surface area contributed by atoms with Crippen LogP contribution in [0.1, 0.15) is 5.56 Å². The predicted octanol–water partition coefficient (Wildman–Crippen LogP) is 1.97. The van der Waals surface area contributed by atoms with E-state index in [0.717, 1.165) is 5.56 Å². The average molecular weight is 260 g/mol. The predicted molar refractivity (Wildman–Crippen MR) is 60.6 cm³/mol. The molecule has 0 aliphatic heterocycles. The molecule has 0 heterocycles. The van der Waals surface area contributed by atoms with E-state index in [4.69, 9.17) is 21.4 Å². The van der Waals surface area contributed by atoms with Crippen LogP contribution in [0.5, 0.6) is 5.75 Å². The first-order valence-electron chi connectivity index (χ1n) is 4.66. The molecule has 92 valence electrons. The number of carboxylic acid groups (broad SMARTS) is 1. The third-order valence-electron chi connectivity index (χ3n) is 1.97. The van der Waals surface area contributed by atoms with Crippen LogP contribution >= 0.6 is 11.6 Å². The van der Waals surface area contributed by atoms with E-state index in [1.165, 1.54) is 12.1 Å². The maximum atomic E-state index is 10.7. The molecule has 1 unspecified atom stereocenters. The first-order valence-corrected chi connectivity index (χ1v) is 5.10. The summed E-state index contributed by atoms with van der Waals surface area (Å²) in [4.78, 5) is 20.5. The van der Waals surface area contributed by atoms with Gasteiger partial charge in [0.05, 0.1) is 4.92 Å². The van der Waals surface area contributed by atoms with Crippen LogP contribution in [0.4, 0.5) is 5.69 Å². The third-order valence-corrected chi connectivity index (χ3v) is 2.28. The van der Waals surface area contributed by atoms with Crippen LogP contribution in [0, 0.1) is 17.0 Å². The van der Waals surface area contributed by atoms with Gasteiger partial charge < -0.3 is 9.84 Å². The molecule has 17 heavy (non-hydrogen) atoms. The second-order valence-corrected chi connectivity index (χ2v) is 3.87. The number of carbonyl (C=O) groups is 1. The molecule has 0 saturated carbocycles. The Labute approximate surface area is 102 Å². The number of nitro groups is 1. The molecule has 6 nitrogen and oxygen atoms in total. The molecule has 1 aromatic rings. The Morgan fingerprint density at radius 2 is 2.29 bits per heavy atom. The van der Waals surface area contributed by atoms with Crippen molar-refractivity contribution in [2.24, 2.45) is 0 Å². The van der Waals surface area contributed by atoms with Crippen molar-refractivity contribution in [1.29, 1.82) is 0 Å². The lowest BCUT2D eigenvalue weighted by Crippen LogP contribution is -2.21. The van der Waals surface area contributed by atoms with Crippen molar-refractivity contribution in [2.45, 2.75) is 12.3 Å². The lowest BCUT2D eigenvalue weighted by Gasteiger charge is -2.08. The quantitative estimate of drug-likeness (QED) is 0.496.